The number of ether oxygens (including phenoxy) is 1. The van der Waals surface area contributed by atoms with Crippen molar-refractivity contribution in [2.75, 3.05) is 38.2 Å². The van der Waals surface area contributed by atoms with E-state index in [0.29, 0.717) is 6.04 Å². The molecule has 1 aromatic rings. The van der Waals surface area contributed by atoms with Crippen molar-refractivity contribution in [1.82, 2.24) is 8.61 Å². The third-order valence-electron chi connectivity index (χ3n) is 4.08. The zero-order valence-electron chi connectivity index (χ0n) is 13.9. The van der Waals surface area contributed by atoms with Gasteiger partial charge in [-0.05, 0) is 18.1 Å². The maximum absolute atomic E-state index is 14.0. The van der Waals surface area contributed by atoms with E-state index in [1.165, 1.54) is 0 Å². The first kappa shape index (κ1) is 19.2. The van der Waals surface area contributed by atoms with Gasteiger partial charge in [0, 0.05) is 49.1 Å². The third-order valence-corrected chi connectivity index (χ3v) is 6.08. The molecule has 0 saturated carbocycles. The fourth-order valence-electron chi connectivity index (χ4n) is 2.93. The van der Waals surface area contributed by atoms with Crippen molar-refractivity contribution in [3.63, 3.8) is 0 Å². The molecule has 2 saturated heterocycles. The molecule has 1 aromatic carbocycles. The second-order valence-corrected chi connectivity index (χ2v) is 7.28. The van der Waals surface area contributed by atoms with Crippen LogP contribution in [-0.2, 0) is 4.74 Å². The van der Waals surface area contributed by atoms with Gasteiger partial charge >= 0.3 is 0 Å². The minimum Gasteiger partial charge on any atom is -0.379 e. The second kappa shape index (κ2) is 9.99. The summed E-state index contributed by atoms with van der Waals surface area (Å²) < 4.78 is 24.1. The van der Waals surface area contributed by atoms with Gasteiger partial charge in [0.05, 0.1) is 13.2 Å². The largest absolute Gasteiger partial charge is 0.379 e. The van der Waals surface area contributed by atoms with E-state index in [0.717, 1.165) is 50.2 Å². The maximum atomic E-state index is 14.0. The zero-order chi connectivity index (χ0) is 16.7. The van der Waals surface area contributed by atoms with Crippen LogP contribution in [0.3, 0.4) is 0 Å². The van der Waals surface area contributed by atoms with Crippen molar-refractivity contribution in [3.8, 4) is 0 Å². The van der Waals surface area contributed by atoms with Gasteiger partial charge in [-0.15, -0.1) is 0 Å². The lowest BCUT2D eigenvalue weighted by atomic mass is 9.96. The molecule has 0 N–H and O–H groups in total. The van der Waals surface area contributed by atoms with E-state index in [1.54, 1.807) is 24.3 Å². The second-order valence-electron chi connectivity index (χ2n) is 5.48. The van der Waals surface area contributed by atoms with E-state index in [-0.39, 0.29) is 11.7 Å². The number of morpholine rings is 1. The highest BCUT2D eigenvalue weighted by atomic mass is 79.9. The van der Waals surface area contributed by atoms with Crippen LogP contribution in [0.5, 0.6) is 0 Å². The van der Waals surface area contributed by atoms with Gasteiger partial charge in [0.25, 0.3) is 0 Å². The van der Waals surface area contributed by atoms with Gasteiger partial charge in [-0.25, -0.2) is 13.0 Å². The first-order chi connectivity index (χ1) is 11.3. The average molecular weight is 405 g/mol. The van der Waals surface area contributed by atoms with Crippen LogP contribution in [0.15, 0.2) is 24.3 Å². The van der Waals surface area contributed by atoms with Crippen LogP contribution in [0.1, 0.15) is 31.7 Å². The molecule has 2 unspecified atom stereocenters. The van der Waals surface area contributed by atoms with Crippen LogP contribution in [0.2, 0.25) is 0 Å². The third kappa shape index (κ3) is 5.16. The van der Waals surface area contributed by atoms with Gasteiger partial charge in [0.1, 0.15) is 5.82 Å². The molecule has 23 heavy (non-hydrogen) atoms. The maximum Gasteiger partial charge on any atom is 0.126 e. The molecule has 2 aliphatic rings. The summed E-state index contributed by atoms with van der Waals surface area (Å²) in [6.45, 7) is 8.42. The molecule has 6 heteroatoms. The fraction of sp³-hybridized carbons (Fsp3) is 0.647. The Morgan fingerprint density at radius 2 is 1.96 bits per heavy atom. The number of halogens is 2. The van der Waals surface area contributed by atoms with E-state index in [2.05, 4.69) is 24.5 Å². The predicted molar refractivity (Wildman–Crippen MR) is 99.4 cm³/mol. The molecule has 0 spiro atoms. The van der Waals surface area contributed by atoms with Crippen LogP contribution in [0.25, 0.3) is 0 Å². The van der Waals surface area contributed by atoms with Crippen molar-refractivity contribution in [3.05, 3.63) is 35.6 Å². The molecule has 2 fully saturated rings. The number of benzene rings is 1. The minimum absolute atomic E-state index is 0.0750. The van der Waals surface area contributed by atoms with Gasteiger partial charge in [0.2, 0.25) is 0 Å². The smallest absolute Gasteiger partial charge is 0.126 e. The van der Waals surface area contributed by atoms with Crippen LogP contribution in [-0.4, -0.2) is 52.8 Å². The minimum atomic E-state index is -0.0750. The molecule has 130 valence electrons. The molecule has 0 bridgehead atoms. The molecule has 0 amide bonds. The molecule has 3 nitrogen and oxygen atoms in total. The average Bonchev–Trinajstić information content (AvgIpc) is 3.00. The summed E-state index contributed by atoms with van der Waals surface area (Å²) in [6, 6.07) is 7.63. The highest BCUT2D eigenvalue weighted by Crippen LogP contribution is 2.38. The van der Waals surface area contributed by atoms with Gasteiger partial charge in [-0.3, -0.25) is 0 Å². The SMILES string of the molecule is CC.Fc1ccccc1C1CC(CBr)N(SN2CCOCC2)C1. The number of alkyl halides is 1. The zero-order valence-corrected chi connectivity index (χ0v) is 16.3. The van der Waals surface area contributed by atoms with Crippen LogP contribution >= 0.6 is 28.1 Å². The Morgan fingerprint density at radius 1 is 1.26 bits per heavy atom. The summed E-state index contributed by atoms with van der Waals surface area (Å²) >= 11 is 5.41. The Bertz CT molecular complexity index is 474. The molecule has 0 radical (unpaired) electrons. The Morgan fingerprint density at radius 3 is 2.61 bits per heavy atom. The van der Waals surface area contributed by atoms with E-state index in [1.807, 2.05) is 26.0 Å². The fourth-order valence-corrected chi connectivity index (χ4v) is 4.89. The summed E-state index contributed by atoms with van der Waals surface area (Å²) in [5.41, 5.74) is 0.855. The van der Waals surface area contributed by atoms with Crippen molar-refractivity contribution in [2.45, 2.75) is 32.2 Å². The van der Waals surface area contributed by atoms with Crippen molar-refractivity contribution >= 4 is 28.1 Å². The number of hydrogen-bond acceptors (Lipinski definition) is 4. The molecule has 0 aliphatic carbocycles. The number of nitrogens with zero attached hydrogens (tertiary/aromatic N) is 2. The normalized spacial score (nSPS) is 25.9. The Balaban J connectivity index is 0.000000924. The Kier molecular flexibility index (Phi) is 8.33. The molecular weight excluding hydrogens is 379 g/mol. The van der Waals surface area contributed by atoms with Crippen molar-refractivity contribution in [1.29, 1.82) is 0 Å². The molecular formula is C17H26BrFN2OS. The molecule has 2 heterocycles. The summed E-state index contributed by atoms with van der Waals surface area (Å²) in [4.78, 5) is 0. The van der Waals surface area contributed by atoms with Gasteiger partial charge in [0.15, 0.2) is 0 Å². The quantitative estimate of drug-likeness (QED) is 0.548. The lowest BCUT2D eigenvalue weighted by molar-refractivity contribution is 0.0757. The highest BCUT2D eigenvalue weighted by molar-refractivity contribution is 9.09. The lowest BCUT2D eigenvalue weighted by Gasteiger charge is -2.31. The summed E-state index contributed by atoms with van der Waals surface area (Å²) in [5, 5.41) is 0.926. The first-order valence-electron chi connectivity index (χ1n) is 8.35. The monoisotopic (exact) mass is 404 g/mol. The molecule has 2 atom stereocenters. The molecule has 2 aliphatic heterocycles. The lowest BCUT2D eigenvalue weighted by Crippen LogP contribution is -2.36. The van der Waals surface area contributed by atoms with E-state index in [9.17, 15) is 4.39 Å². The van der Waals surface area contributed by atoms with Crippen LogP contribution < -0.4 is 0 Å². The van der Waals surface area contributed by atoms with Gasteiger partial charge in [-0.1, -0.05) is 48.0 Å². The van der Waals surface area contributed by atoms with Gasteiger partial charge in [-0.2, -0.15) is 0 Å². The number of rotatable bonds is 4. The molecule has 3 rings (SSSR count). The van der Waals surface area contributed by atoms with E-state index < -0.39 is 0 Å². The highest BCUT2D eigenvalue weighted by Gasteiger charge is 2.35. The van der Waals surface area contributed by atoms with Crippen molar-refractivity contribution in [2.24, 2.45) is 0 Å². The number of hydrogen-bond donors (Lipinski definition) is 0. The van der Waals surface area contributed by atoms with Crippen molar-refractivity contribution < 1.29 is 9.13 Å². The Labute approximate surface area is 152 Å². The van der Waals surface area contributed by atoms with Gasteiger partial charge < -0.3 is 4.74 Å². The molecule has 0 aromatic heterocycles. The first-order valence-corrected chi connectivity index (χ1v) is 10.2. The van der Waals surface area contributed by atoms with E-state index >= 15 is 0 Å². The van der Waals surface area contributed by atoms with E-state index in [4.69, 9.17) is 4.74 Å². The summed E-state index contributed by atoms with van der Waals surface area (Å²) in [5.74, 6) is 0.205. The summed E-state index contributed by atoms with van der Waals surface area (Å²) in [6.07, 6.45) is 1.00. The Hall–Kier alpha value is -0.140. The topological polar surface area (TPSA) is 15.7 Å². The standard InChI is InChI=1S/C15H20BrFN2OS.C2H6/c16-10-13-9-12(14-3-1-2-4-15(14)17)11-19(13)21-18-5-7-20-8-6-18;1-2/h1-4,12-13H,5-11H2;1-2H3. The van der Waals surface area contributed by atoms with Crippen LogP contribution in [0.4, 0.5) is 4.39 Å². The summed E-state index contributed by atoms with van der Waals surface area (Å²) in [7, 11) is 0. The van der Waals surface area contributed by atoms with Crippen LogP contribution in [0, 0.1) is 5.82 Å². The predicted octanol–water partition coefficient (Wildman–Crippen LogP) is 4.30.